The molecule has 5 nitrogen and oxygen atoms in total. The molecular formula is C28H46NO4P. The lowest BCUT2D eigenvalue weighted by Crippen LogP contribution is -2.08. The monoisotopic (exact) mass is 491 g/mol. The molecule has 0 amide bonds. The highest BCUT2D eigenvalue weighted by atomic mass is 31.1. The molecule has 1 atom stereocenters. The van der Waals surface area contributed by atoms with Crippen LogP contribution in [-0.2, 0) is 20.6 Å². The molecule has 34 heavy (non-hydrogen) atoms. The summed E-state index contributed by atoms with van der Waals surface area (Å²) in [6.07, 6.45) is 12.2. The maximum Gasteiger partial charge on any atom is 0.157 e. The Morgan fingerprint density at radius 1 is 0.882 bits per heavy atom. The van der Waals surface area contributed by atoms with E-state index >= 15 is 0 Å². The molecule has 0 spiro atoms. The lowest BCUT2D eigenvalue weighted by atomic mass is 10.1. The standard InChI is InChI=1S/C14H24NO2P.C14H22O2/c1-3-10-18-11-9-17-14-8-6-12(15)5-7-13(14)16-4-2;1-4-8-15-9-10-16-14-11-13(5-2)7-6-12(14)3/h5-7,18H,3-4,8-11,15H2,1-2H3;6-7,11H,4-5,8-10H2,1-3H3. The molecule has 192 valence electrons. The summed E-state index contributed by atoms with van der Waals surface area (Å²) in [4.78, 5) is 0. The van der Waals surface area contributed by atoms with Crippen molar-refractivity contribution in [3.8, 4) is 5.75 Å². The summed E-state index contributed by atoms with van der Waals surface area (Å²) in [5.74, 6) is 2.70. The fourth-order valence-corrected chi connectivity index (χ4v) is 3.93. The molecule has 1 unspecified atom stereocenters. The summed E-state index contributed by atoms with van der Waals surface area (Å²) in [5.41, 5.74) is 9.05. The summed E-state index contributed by atoms with van der Waals surface area (Å²) in [6.45, 7) is 14.1. The van der Waals surface area contributed by atoms with Gasteiger partial charge in [0.05, 0.1) is 19.8 Å². The van der Waals surface area contributed by atoms with E-state index in [1.54, 1.807) is 0 Å². The molecule has 2 rings (SSSR count). The van der Waals surface area contributed by atoms with Crippen molar-refractivity contribution in [1.29, 1.82) is 0 Å². The second kappa shape index (κ2) is 19.3. The summed E-state index contributed by atoms with van der Waals surface area (Å²) in [6, 6.07) is 6.38. The van der Waals surface area contributed by atoms with Crippen molar-refractivity contribution < 1.29 is 18.9 Å². The molecule has 6 heteroatoms. The highest BCUT2D eigenvalue weighted by Gasteiger charge is 2.09. The van der Waals surface area contributed by atoms with Crippen molar-refractivity contribution in [2.75, 3.05) is 45.4 Å². The van der Waals surface area contributed by atoms with Gasteiger partial charge < -0.3 is 24.7 Å². The van der Waals surface area contributed by atoms with E-state index in [2.05, 4.69) is 45.9 Å². The molecule has 0 saturated heterocycles. The molecule has 2 N–H and O–H groups in total. The first kappa shape index (κ1) is 30.1. The van der Waals surface area contributed by atoms with Crippen molar-refractivity contribution in [2.45, 2.75) is 60.3 Å². The Bertz CT molecular complexity index is 774. The largest absolute Gasteiger partial charge is 0.493 e. The Morgan fingerprint density at radius 2 is 1.71 bits per heavy atom. The van der Waals surface area contributed by atoms with Gasteiger partial charge in [-0.3, -0.25) is 0 Å². The molecule has 1 aliphatic carbocycles. The molecule has 1 aromatic carbocycles. The first-order chi connectivity index (χ1) is 16.5. The number of hydrogen-bond acceptors (Lipinski definition) is 5. The second-order valence-electron chi connectivity index (χ2n) is 7.97. The van der Waals surface area contributed by atoms with Gasteiger partial charge in [-0.25, -0.2) is 0 Å². The lowest BCUT2D eigenvalue weighted by molar-refractivity contribution is 0.100. The number of benzene rings is 1. The topological polar surface area (TPSA) is 62.9 Å². The van der Waals surface area contributed by atoms with Gasteiger partial charge in [-0.05, 0) is 68.4 Å². The van der Waals surface area contributed by atoms with Gasteiger partial charge in [-0.15, -0.1) is 8.58 Å². The molecule has 0 aromatic heterocycles. The van der Waals surface area contributed by atoms with Crippen LogP contribution in [0.3, 0.4) is 0 Å². The summed E-state index contributed by atoms with van der Waals surface area (Å²) < 4.78 is 22.5. The minimum absolute atomic E-state index is 0.633. The van der Waals surface area contributed by atoms with Crippen LogP contribution in [0, 0.1) is 6.92 Å². The molecule has 0 fully saturated rings. The SMILES string of the molecule is CCCOCCOc1cc(CC)ccc1C.CCCPCCOC1=C(OCC)C=CC(N)=CC1. The average Bonchev–Trinajstić information content (AvgIpc) is 3.02. The first-order valence-electron chi connectivity index (χ1n) is 12.7. The van der Waals surface area contributed by atoms with Crippen molar-refractivity contribution in [1.82, 2.24) is 0 Å². The van der Waals surface area contributed by atoms with E-state index in [1.165, 1.54) is 23.7 Å². The van der Waals surface area contributed by atoms with Gasteiger partial charge in [-0.2, -0.15) is 0 Å². The van der Waals surface area contributed by atoms with E-state index in [1.807, 2.05) is 25.2 Å². The van der Waals surface area contributed by atoms with Crippen LogP contribution in [0.5, 0.6) is 5.75 Å². The van der Waals surface area contributed by atoms with Crippen LogP contribution < -0.4 is 10.5 Å². The summed E-state index contributed by atoms with van der Waals surface area (Å²) in [5, 5.41) is 0. The zero-order chi connectivity index (χ0) is 25.0. The third kappa shape index (κ3) is 13.1. The molecule has 1 aliphatic rings. The van der Waals surface area contributed by atoms with E-state index in [-0.39, 0.29) is 0 Å². The number of nitrogens with two attached hydrogens (primary N) is 1. The Hall–Kier alpha value is -1.97. The highest BCUT2D eigenvalue weighted by Crippen LogP contribution is 2.21. The van der Waals surface area contributed by atoms with E-state index in [9.17, 15) is 0 Å². The molecule has 0 saturated carbocycles. The smallest absolute Gasteiger partial charge is 0.157 e. The number of allylic oxidation sites excluding steroid dienone is 3. The number of aryl methyl sites for hydroxylation is 2. The molecule has 1 aromatic rings. The predicted octanol–water partition coefficient (Wildman–Crippen LogP) is 6.50. The average molecular weight is 492 g/mol. The molecular weight excluding hydrogens is 445 g/mol. The lowest BCUT2D eigenvalue weighted by Gasteiger charge is -2.12. The van der Waals surface area contributed by atoms with Crippen LogP contribution in [0.4, 0.5) is 0 Å². The van der Waals surface area contributed by atoms with Crippen LogP contribution in [-0.4, -0.2) is 45.4 Å². The fourth-order valence-electron chi connectivity index (χ4n) is 3.08. The van der Waals surface area contributed by atoms with Crippen molar-refractivity contribution in [3.63, 3.8) is 0 Å². The van der Waals surface area contributed by atoms with Gasteiger partial charge in [0.1, 0.15) is 18.1 Å². The first-order valence-corrected chi connectivity index (χ1v) is 14.1. The number of rotatable bonds is 15. The predicted molar refractivity (Wildman–Crippen MR) is 146 cm³/mol. The molecule has 0 heterocycles. The minimum Gasteiger partial charge on any atom is -0.493 e. The van der Waals surface area contributed by atoms with Gasteiger partial charge >= 0.3 is 0 Å². The van der Waals surface area contributed by atoms with Gasteiger partial charge in [0.25, 0.3) is 0 Å². The summed E-state index contributed by atoms with van der Waals surface area (Å²) in [7, 11) is 0.993. The second-order valence-corrected chi connectivity index (χ2v) is 9.47. The van der Waals surface area contributed by atoms with Gasteiger partial charge in [0.2, 0.25) is 0 Å². The minimum atomic E-state index is 0.633. The van der Waals surface area contributed by atoms with Crippen LogP contribution in [0.15, 0.2) is 53.6 Å². The van der Waals surface area contributed by atoms with Gasteiger partial charge in [0, 0.05) is 18.7 Å². The Kier molecular flexibility index (Phi) is 17.1. The molecule has 0 bridgehead atoms. The Morgan fingerprint density at radius 3 is 2.41 bits per heavy atom. The van der Waals surface area contributed by atoms with Gasteiger partial charge in [-0.1, -0.05) is 45.4 Å². The van der Waals surface area contributed by atoms with Crippen LogP contribution >= 0.6 is 8.58 Å². The molecule has 0 aliphatic heterocycles. The van der Waals surface area contributed by atoms with Crippen molar-refractivity contribution in [3.05, 3.63) is 64.8 Å². The number of ether oxygens (including phenoxy) is 4. The quantitative estimate of drug-likeness (QED) is 0.224. The van der Waals surface area contributed by atoms with E-state index < -0.39 is 0 Å². The van der Waals surface area contributed by atoms with E-state index in [4.69, 9.17) is 24.7 Å². The Labute approximate surface area is 209 Å². The Balaban J connectivity index is 0.000000342. The highest BCUT2D eigenvalue weighted by molar-refractivity contribution is 7.37. The van der Waals surface area contributed by atoms with Crippen molar-refractivity contribution in [2.24, 2.45) is 5.73 Å². The van der Waals surface area contributed by atoms with Crippen LogP contribution in [0.25, 0.3) is 0 Å². The maximum atomic E-state index is 5.83. The fraction of sp³-hybridized carbons (Fsp3) is 0.571. The summed E-state index contributed by atoms with van der Waals surface area (Å²) >= 11 is 0. The van der Waals surface area contributed by atoms with Crippen molar-refractivity contribution >= 4 is 8.58 Å². The third-order valence-corrected chi connectivity index (χ3v) is 6.41. The van der Waals surface area contributed by atoms with E-state index in [0.717, 1.165) is 63.8 Å². The van der Waals surface area contributed by atoms with Crippen LogP contribution in [0.1, 0.15) is 58.1 Å². The van der Waals surface area contributed by atoms with Gasteiger partial charge in [0.15, 0.2) is 5.76 Å². The molecule has 0 radical (unpaired) electrons. The number of hydrogen-bond donors (Lipinski definition) is 1. The zero-order valence-electron chi connectivity index (χ0n) is 22.0. The van der Waals surface area contributed by atoms with Crippen LogP contribution in [0.2, 0.25) is 0 Å². The third-order valence-electron chi connectivity index (χ3n) is 5.00. The zero-order valence-corrected chi connectivity index (χ0v) is 23.0. The normalized spacial score (nSPS) is 13.4. The maximum absolute atomic E-state index is 5.83. The van der Waals surface area contributed by atoms with E-state index in [0.29, 0.717) is 26.2 Å².